The quantitative estimate of drug-likeness (QED) is 0.498. The molecule has 0 unspecified atom stereocenters. The zero-order valence-electron chi connectivity index (χ0n) is 12.8. The predicted octanol–water partition coefficient (Wildman–Crippen LogP) is 0.980. The zero-order valence-corrected chi connectivity index (χ0v) is 12.8. The molecular weight excluding hydrogens is 327 g/mol. The lowest BCUT2D eigenvalue weighted by Crippen LogP contribution is -2.25. The van der Waals surface area contributed by atoms with Crippen LogP contribution in [0.3, 0.4) is 0 Å². The summed E-state index contributed by atoms with van der Waals surface area (Å²) in [7, 11) is 3.48. The van der Waals surface area contributed by atoms with E-state index in [1.54, 1.807) is 19.0 Å². The van der Waals surface area contributed by atoms with Crippen LogP contribution in [0.15, 0.2) is 29.4 Å². The molecule has 0 aliphatic carbocycles. The second-order valence-electron chi connectivity index (χ2n) is 4.96. The number of halogens is 3. The number of hydrogen-bond donors (Lipinski definition) is 1. The first-order valence-corrected chi connectivity index (χ1v) is 6.69. The molecule has 1 aromatic heterocycles. The number of nitrogens with zero attached hydrogens (tertiary/aromatic N) is 6. The number of tetrazole rings is 1. The number of rotatable bonds is 5. The Morgan fingerprint density at radius 1 is 1.33 bits per heavy atom. The van der Waals surface area contributed by atoms with E-state index >= 15 is 0 Å². The number of amides is 1. The van der Waals surface area contributed by atoms with Gasteiger partial charge in [-0.3, -0.25) is 4.79 Å². The molecule has 0 radical (unpaired) electrons. The molecule has 0 bridgehead atoms. The SMILES string of the molecule is CN(C)/C=N\NC(=O)Cn1nnc(-c2ccc(C(F)(F)F)cc2)n1. The van der Waals surface area contributed by atoms with E-state index in [9.17, 15) is 18.0 Å². The van der Waals surface area contributed by atoms with Gasteiger partial charge in [0.1, 0.15) is 12.9 Å². The highest BCUT2D eigenvalue weighted by atomic mass is 19.4. The van der Waals surface area contributed by atoms with E-state index in [1.807, 2.05) is 0 Å². The van der Waals surface area contributed by atoms with Crippen LogP contribution < -0.4 is 5.43 Å². The van der Waals surface area contributed by atoms with Crippen molar-refractivity contribution in [3.63, 3.8) is 0 Å². The molecule has 11 heteroatoms. The van der Waals surface area contributed by atoms with Gasteiger partial charge in [-0.25, -0.2) is 5.43 Å². The number of benzene rings is 1. The van der Waals surface area contributed by atoms with Crippen LogP contribution in [0.1, 0.15) is 5.56 Å². The molecule has 0 aliphatic rings. The number of alkyl halides is 3. The molecule has 1 heterocycles. The smallest absolute Gasteiger partial charge is 0.367 e. The highest BCUT2D eigenvalue weighted by Gasteiger charge is 2.30. The molecule has 1 amide bonds. The first kappa shape index (κ1) is 17.4. The Balaban J connectivity index is 2.01. The third-order valence-corrected chi connectivity index (χ3v) is 2.69. The lowest BCUT2D eigenvalue weighted by molar-refractivity contribution is -0.137. The van der Waals surface area contributed by atoms with Crippen molar-refractivity contribution in [3.05, 3.63) is 29.8 Å². The maximum Gasteiger partial charge on any atom is 0.416 e. The van der Waals surface area contributed by atoms with Gasteiger partial charge in [0.15, 0.2) is 0 Å². The number of hydrazone groups is 1. The van der Waals surface area contributed by atoms with E-state index in [4.69, 9.17) is 0 Å². The molecular formula is C13H14F3N7O. The van der Waals surface area contributed by atoms with E-state index in [-0.39, 0.29) is 12.4 Å². The second-order valence-corrected chi connectivity index (χ2v) is 4.96. The largest absolute Gasteiger partial charge is 0.416 e. The van der Waals surface area contributed by atoms with E-state index in [1.165, 1.54) is 18.5 Å². The van der Waals surface area contributed by atoms with Gasteiger partial charge in [0.05, 0.1) is 5.56 Å². The van der Waals surface area contributed by atoms with Crippen molar-refractivity contribution >= 4 is 12.2 Å². The van der Waals surface area contributed by atoms with Crippen molar-refractivity contribution in [2.24, 2.45) is 5.10 Å². The molecule has 0 saturated heterocycles. The van der Waals surface area contributed by atoms with Crippen LogP contribution in [-0.4, -0.2) is 51.4 Å². The molecule has 24 heavy (non-hydrogen) atoms. The number of aromatic nitrogens is 4. The molecule has 8 nitrogen and oxygen atoms in total. The molecule has 0 spiro atoms. The van der Waals surface area contributed by atoms with Gasteiger partial charge < -0.3 is 4.90 Å². The van der Waals surface area contributed by atoms with Crippen molar-refractivity contribution < 1.29 is 18.0 Å². The minimum absolute atomic E-state index is 0.119. The standard InChI is InChI=1S/C13H14F3N7O/c1-22(2)8-17-18-11(24)7-23-20-12(19-21-23)9-3-5-10(6-4-9)13(14,15)16/h3-6,8H,7H2,1-2H3,(H,18,24)/b17-8-. The van der Waals surface area contributed by atoms with E-state index in [0.717, 1.165) is 16.9 Å². The van der Waals surface area contributed by atoms with Crippen LogP contribution in [0, 0.1) is 0 Å². The van der Waals surface area contributed by atoms with Gasteiger partial charge in [-0.05, 0) is 17.3 Å². The molecule has 0 saturated carbocycles. The van der Waals surface area contributed by atoms with Gasteiger partial charge in [0.25, 0.3) is 5.91 Å². The highest BCUT2D eigenvalue weighted by molar-refractivity contribution is 5.76. The Morgan fingerprint density at radius 2 is 2.00 bits per heavy atom. The Kier molecular flexibility index (Phi) is 5.11. The first-order chi connectivity index (χ1) is 11.3. The summed E-state index contributed by atoms with van der Waals surface area (Å²) < 4.78 is 37.5. The first-order valence-electron chi connectivity index (χ1n) is 6.69. The molecule has 0 aliphatic heterocycles. The minimum atomic E-state index is -4.41. The third kappa shape index (κ3) is 4.76. The topological polar surface area (TPSA) is 88.3 Å². The Labute approximate surface area is 134 Å². The average Bonchev–Trinajstić information content (AvgIpc) is 2.94. The predicted molar refractivity (Wildman–Crippen MR) is 78.6 cm³/mol. The zero-order chi connectivity index (χ0) is 17.7. The Morgan fingerprint density at radius 3 is 2.58 bits per heavy atom. The summed E-state index contributed by atoms with van der Waals surface area (Å²) in [5, 5.41) is 15.0. The monoisotopic (exact) mass is 341 g/mol. The molecule has 2 aromatic rings. The van der Waals surface area contributed by atoms with Gasteiger partial charge in [0.2, 0.25) is 5.82 Å². The van der Waals surface area contributed by atoms with E-state index in [0.29, 0.717) is 5.56 Å². The fourth-order valence-corrected chi connectivity index (χ4v) is 1.61. The van der Waals surface area contributed by atoms with Crippen LogP contribution in [-0.2, 0) is 17.5 Å². The van der Waals surface area contributed by atoms with Crippen LogP contribution >= 0.6 is 0 Å². The Bertz CT molecular complexity index is 722. The number of carbonyl (C=O) groups excluding carboxylic acids is 1. The van der Waals surface area contributed by atoms with Gasteiger partial charge in [-0.2, -0.15) is 23.1 Å². The maximum absolute atomic E-state index is 12.5. The molecule has 1 N–H and O–H groups in total. The summed E-state index contributed by atoms with van der Waals surface area (Å²) in [6, 6.07) is 4.34. The summed E-state index contributed by atoms with van der Waals surface area (Å²) >= 11 is 0. The van der Waals surface area contributed by atoms with E-state index in [2.05, 4.69) is 25.9 Å². The van der Waals surface area contributed by atoms with Crippen molar-refractivity contribution in [1.82, 2.24) is 30.5 Å². The average molecular weight is 341 g/mol. The van der Waals surface area contributed by atoms with Crippen LogP contribution in [0.4, 0.5) is 13.2 Å². The van der Waals surface area contributed by atoms with Crippen LogP contribution in [0.25, 0.3) is 11.4 Å². The number of nitrogens with one attached hydrogen (secondary N) is 1. The van der Waals surface area contributed by atoms with Crippen LogP contribution in [0.2, 0.25) is 0 Å². The fourth-order valence-electron chi connectivity index (χ4n) is 1.61. The van der Waals surface area contributed by atoms with Crippen LogP contribution in [0.5, 0.6) is 0 Å². The number of hydrogen-bond acceptors (Lipinski definition) is 5. The summed E-state index contributed by atoms with van der Waals surface area (Å²) in [5.41, 5.74) is 1.87. The van der Waals surface area contributed by atoms with Crippen molar-refractivity contribution in [2.45, 2.75) is 12.7 Å². The summed E-state index contributed by atoms with van der Waals surface area (Å²) in [5.74, 6) is -0.349. The summed E-state index contributed by atoms with van der Waals surface area (Å²) in [6.07, 6.45) is -3.00. The summed E-state index contributed by atoms with van der Waals surface area (Å²) in [4.78, 5) is 14.3. The molecule has 2 rings (SSSR count). The van der Waals surface area contributed by atoms with Crippen molar-refractivity contribution in [2.75, 3.05) is 14.1 Å². The summed E-state index contributed by atoms with van der Waals surface area (Å²) in [6.45, 7) is -0.224. The van der Waals surface area contributed by atoms with Gasteiger partial charge in [-0.1, -0.05) is 12.1 Å². The lowest BCUT2D eigenvalue weighted by atomic mass is 10.1. The molecule has 128 valence electrons. The van der Waals surface area contributed by atoms with Gasteiger partial charge in [-0.15, -0.1) is 10.2 Å². The minimum Gasteiger partial charge on any atom is -0.367 e. The third-order valence-electron chi connectivity index (χ3n) is 2.69. The molecule has 1 aromatic carbocycles. The number of carbonyl (C=O) groups is 1. The maximum atomic E-state index is 12.5. The fraction of sp³-hybridized carbons (Fsp3) is 0.308. The van der Waals surface area contributed by atoms with Crippen molar-refractivity contribution in [1.29, 1.82) is 0 Å². The highest BCUT2D eigenvalue weighted by Crippen LogP contribution is 2.30. The van der Waals surface area contributed by atoms with E-state index < -0.39 is 17.6 Å². The lowest BCUT2D eigenvalue weighted by Gasteiger charge is -2.05. The molecule has 0 atom stereocenters. The van der Waals surface area contributed by atoms with Gasteiger partial charge in [0, 0.05) is 19.7 Å². The van der Waals surface area contributed by atoms with Gasteiger partial charge >= 0.3 is 6.18 Å². The second kappa shape index (κ2) is 7.06. The molecule has 0 fully saturated rings. The van der Waals surface area contributed by atoms with Crippen molar-refractivity contribution in [3.8, 4) is 11.4 Å². The normalized spacial score (nSPS) is 11.7. The Hall–Kier alpha value is -2.98.